The van der Waals surface area contributed by atoms with Crippen molar-refractivity contribution in [2.24, 2.45) is 7.05 Å². The second-order valence-electron chi connectivity index (χ2n) is 5.79. The first-order valence-corrected chi connectivity index (χ1v) is 7.27. The number of nitrogens with zero attached hydrogens (tertiary/aromatic N) is 4. The molecule has 0 amide bonds. The number of hydrogen-bond donors (Lipinski definition) is 0. The van der Waals surface area contributed by atoms with E-state index in [4.69, 9.17) is 4.52 Å². The predicted molar refractivity (Wildman–Crippen MR) is 76.4 cm³/mol. The van der Waals surface area contributed by atoms with E-state index >= 15 is 0 Å². The Bertz CT molecular complexity index is 567. The molecule has 3 heterocycles. The molecule has 5 nitrogen and oxygen atoms in total. The molecule has 1 aliphatic rings. The molecule has 3 rings (SSSR count). The molecule has 5 heteroatoms. The average molecular weight is 274 g/mol. The van der Waals surface area contributed by atoms with E-state index in [2.05, 4.69) is 21.2 Å². The van der Waals surface area contributed by atoms with Crippen LogP contribution in [0, 0.1) is 13.8 Å². The lowest BCUT2D eigenvalue weighted by atomic mass is 9.94. The van der Waals surface area contributed by atoms with Gasteiger partial charge in [-0.2, -0.15) is 5.10 Å². The van der Waals surface area contributed by atoms with Crippen LogP contribution in [-0.4, -0.2) is 32.9 Å². The van der Waals surface area contributed by atoms with Crippen LogP contribution in [0.4, 0.5) is 0 Å². The van der Waals surface area contributed by atoms with Crippen molar-refractivity contribution in [1.29, 1.82) is 0 Å². The van der Waals surface area contributed by atoms with Crippen molar-refractivity contribution in [3.8, 4) is 0 Å². The maximum atomic E-state index is 5.26. The van der Waals surface area contributed by atoms with Crippen molar-refractivity contribution in [3.05, 3.63) is 35.0 Å². The molecule has 2 aromatic heterocycles. The molecule has 0 radical (unpaired) electrons. The van der Waals surface area contributed by atoms with Gasteiger partial charge in [-0.1, -0.05) is 5.16 Å². The Morgan fingerprint density at radius 2 is 2.25 bits per heavy atom. The Morgan fingerprint density at radius 3 is 2.90 bits per heavy atom. The highest BCUT2D eigenvalue weighted by Gasteiger charge is 2.24. The fourth-order valence-electron chi connectivity index (χ4n) is 3.04. The SMILES string of the molecule is Cc1noc(C)c1CN1CCCC(c2ccn(C)n2)C1. The van der Waals surface area contributed by atoms with Gasteiger partial charge in [-0.05, 0) is 39.3 Å². The lowest BCUT2D eigenvalue weighted by molar-refractivity contribution is 0.197. The van der Waals surface area contributed by atoms with Crippen LogP contribution < -0.4 is 0 Å². The van der Waals surface area contributed by atoms with Crippen molar-refractivity contribution >= 4 is 0 Å². The van der Waals surface area contributed by atoms with Gasteiger partial charge in [-0.3, -0.25) is 9.58 Å². The summed E-state index contributed by atoms with van der Waals surface area (Å²) in [6.45, 7) is 7.17. The molecule has 0 bridgehead atoms. The minimum absolute atomic E-state index is 0.547. The molecular weight excluding hydrogens is 252 g/mol. The van der Waals surface area contributed by atoms with Gasteiger partial charge >= 0.3 is 0 Å². The summed E-state index contributed by atoms with van der Waals surface area (Å²) in [5.41, 5.74) is 3.48. The zero-order chi connectivity index (χ0) is 14.1. The van der Waals surface area contributed by atoms with Crippen LogP contribution in [0.3, 0.4) is 0 Å². The van der Waals surface area contributed by atoms with Crippen LogP contribution in [0.25, 0.3) is 0 Å². The fourth-order valence-corrected chi connectivity index (χ4v) is 3.04. The molecule has 1 fully saturated rings. The van der Waals surface area contributed by atoms with Crippen LogP contribution in [-0.2, 0) is 13.6 Å². The number of likely N-dealkylation sites (tertiary alicyclic amines) is 1. The van der Waals surface area contributed by atoms with E-state index in [-0.39, 0.29) is 0 Å². The van der Waals surface area contributed by atoms with E-state index in [0.29, 0.717) is 5.92 Å². The van der Waals surface area contributed by atoms with Gasteiger partial charge in [0.1, 0.15) is 5.76 Å². The standard InChI is InChI=1S/C15H22N4O/c1-11-14(12(2)20-17-11)10-19-7-4-5-13(9-19)15-6-8-18(3)16-15/h6,8,13H,4-5,7,9-10H2,1-3H3. The Labute approximate surface area is 119 Å². The average Bonchev–Trinajstić information content (AvgIpc) is 3.00. The third-order valence-electron chi connectivity index (χ3n) is 4.22. The number of aromatic nitrogens is 3. The molecule has 0 saturated carbocycles. The monoisotopic (exact) mass is 274 g/mol. The van der Waals surface area contributed by atoms with E-state index < -0.39 is 0 Å². The van der Waals surface area contributed by atoms with Crippen LogP contribution in [0.15, 0.2) is 16.8 Å². The van der Waals surface area contributed by atoms with E-state index in [1.165, 1.54) is 24.1 Å². The Morgan fingerprint density at radius 1 is 1.40 bits per heavy atom. The molecule has 0 aliphatic carbocycles. The topological polar surface area (TPSA) is 47.1 Å². The highest BCUT2D eigenvalue weighted by atomic mass is 16.5. The third kappa shape index (κ3) is 2.63. The Balaban J connectivity index is 1.69. The summed E-state index contributed by atoms with van der Waals surface area (Å²) in [6.07, 6.45) is 4.49. The normalized spacial score (nSPS) is 20.4. The maximum Gasteiger partial charge on any atom is 0.138 e. The summed E-state index contributed by atoms with van der Waals surface area (Å²) >= 11 is 0. The van der Waals surface area contributed by atoms with Gasteiger partial charge < -0.3 is 4.52 Å². The zero-order valence-electron chi connectivity index (χ0n) is 12.5. The molecule has 108 valence electrons. The van der Waals surface area contributed by atoms with Crippen LogP contribution in [0.1, 0.15) is 41.5 Å². The van der Waals surface area contributed by atoms with Crippen LogP contribution in [0.2, 0.25) is 0 Å². The van der Waals surface area contributed by atoms with Gasteiger partial charge in [0.2, 0.25) is 0 Å². The van der Waals surface area contributed by atoms with Gasteiger partial charge in [0, 0.05) is 37.8 Å². The minimum Gasteiger partial charge on any atom is -0.361 e. The molecule has 0 spiro atoms. The molecule has 2 aromatic rings. The van der Waals surface area contributed by atoms with Crippen molar-refractivity contribution < 1.29 is 4.52 Å². The molecule has 0 aromatic carbocycles. The molecule has 1 aliphatic heterocycles. The number of aryl methyl sites for hydroxylation is 3. The Hall–Kier alpha value is -1.62. The second-order valence-corrected chi connectivity index (χ2v) is 5.79. The summed E-state index contributed by atoms with van der Waals surface area (Å²) in [7, 11) is 1.98. The van der Waals surface area contributed by atoms with Crippen molar-refractivity contribution in [2.45, 2.75) is 39.2 Å². The molecule has 1 unspecified atom stereocenters. The summed E-state index contributed by atoms with van der Waals surface area (Å²) in [5, 5.41) is 8.60. The largest absolute Gasteiger partial charge is 0.361 e. The van der Waals surface area contributed by atoms with Crippen molar-refractivity contribution in [1.82, 2.24) is 19.8 Å². The highest BCUT2D eigenvalue weighted by Crippen LogP contribution is 2.27. The summed E-state index contributed by atoms with van der Waals surface area (Å²) in [4.78, 5) is 2.50. The maximum absolute atomic E-state index is 5.26. The summed E-state index contributed by atoms with van der Waals surface area (Å²) < 4.78 is 7.15. The van der Waals surface area contributed by atoms with E-state index in [1.54, 1.807) is 0 Å². The third-order valence-corrected chi connectivity index (χ3v) is 4.22. The lowest BCUT2D eigenvalue weighted by Gasteiger charge is -2.31. The first kappa shape index (κ1) is 13.4. The Kier molecular flexibility index (Phi) is 3.61. The van der Waals surface area contributed by atoms with Gasteiger partial charge in [0.05, 0.1) is 11.4 Å². The quantitative estimate of drug-likeness (QED) is 0.862. The fraction of sp³-hybridized carbons (Fsp3) is 0.600. The zero-order valence-corrected chi connectivity index (χ0v) is 12.5. The molecule has 0 N–H and O–H groups in total. The predicted octanol–water partition coefficient (Wildman–Crippen LogP) is 2.40. The summed E-state index contributed by atoms with van der Waals surface area (Å²) in [6, 6.07) is 2.14. The highest BCUT2D eigenvalue weighted by molar-refractivity contribution is 5.21. The smallest absolute Gasteiger partial charge is 0.138 e. The van der Waals surface area contributed by atoms with Crippen LogP contribution in [0.5, 0.6) is 0 Å². The molecule has 1 saturated heterocycles. The van der Waals surface area contributed by atoms with Crippen LogP contribution >= 0.6 is 0 Å². The van der Waals surface area contributed by atoms with Crippen molar-refractivity contribution in [2.75, 3.05) is 13.1 Å². The van der Waals surface area contributed by atoms with Gasteiger partial charge in [0.25, 0.3) is 0 Å². The van der Waals surface area contributed by atoms with Gasteiger partial charge in [-0.25, -0.2) is 0 Å². The molecule has 20 heavy (non-hydrogen) atoms. The number of piperidine rings is 1. The van der Waals surface area contributed by atoms with E-state index in [1.807, 2.05) is 31.8 Å². The second kappa shape index (κ2) is 5.40. The van der Waals surface area contributed by atoms with E-state index in [0.717, 1.165) is 31.1 Å². The minimum atomic E-state index is 0.547. The van der Waals surface area contributed by atoms with Gasteiger partial charge in [-0.15, -0.1) is 0 Å². The van der Waals surface area contributed by atoms with Crippen molar-refractivity contribution in [3.63, 3.8) is 0 Å². The summed E-state index contributed by atoms with van der Waals surface area (Å²) in [5.74, 6) is 1.49. The number of rotatable bonds is 3. The molecule has 1 atom stereocenters. The first-order valence-electron chi connectivity index (χ1n) is 7.27. The van der Waals surface area contributed by atoms with E-state index in [9.17, 15) is 0 Å². The lowest BCUT2D eigenvalue weighted by Crippen LogP contribution is -2.34. The van der Waals surface area contributed by atoms with Gasteiger partial charge in [0.15, 0.2) is 0 Å². The first-order chi connectivity index (χ1) is 9.63. The molecular formula is C15H22N4O. The number of hydrogen-bond acceptors (Lipinski definition) is 4.